The van der Waals surface area contributed by atoms with E-state index in [0.29, 0.717) is 108 Å². The molecule has 44 heteroatoms. The first kappa shape index (κ1) is 113. The predicted molar refractivity (Wildman–Crippen MR) is 551 cm³/mol. The quantitative estimate of drug-likeness (QED) is 0.0196. The second-order valence-corrected chi connectivity index (χ2v) is 38.2. The molecule has 6 aromatic carbocycles. The number of phenolic OH excluding ortho intramolecular Hbond substituents is 3. The first-order valence-corrected chi connectivity index (χ1v) is 46.9. The lowest BCUT2D eigenvalue weighted by Crippen LogP contribution is -2.41. The molecule has 3 amide bonds. The van der Waals surface area contributed by atoms with Crippen LogP contribution in [0.5, 0.6) is 28.7 Å². The Morgan fingerprint density at radius 2 is 0.879 bits per heavy atom. The SMILES string of the molecule is Brc1ccccc1.C.C=CC(=O)N1CCCC(n2nc(-c3ccc(O)cc3F)c3c(N)ncnc32)C1.C=CC(=O)N1CCCC(n2nc(-c3ccc(Oc4ccccc4)cc3F)c3c(N)ncnc32)C1.C=CC(=O)N1CCCC(n2nc(I)c3c(N)cncc32)C1.CC1(C)OB(B2OC(C)(C)C(C)(C)O2)OC1(C)C.CC1(C)OB(c2ccc(O)cc2F)OC1(C)C.CF.CF.Oc1ccc(Br)c(F)c1.[3H]N=O. The van der Waals surface area contributed by atoms with E-state index in [1.807, 2.05) is 141 Å². The molecule has 12 heterocycles. The number of anilines is 3. The number of ether oxygens (including phenoxy) is 1. The fraction of sp³-hybridized carbons (Fsp3) is 0.371. The van der Waals surface area contributed by atoms with Crippen LogP contribution in [-0.4, -0.2) is 210 Å². The molecular formula is C97H118B3Br2F6IN18O14. The molecule has 10 N–H and O–H groups in total. The molecule has 6 aromatic heterocycles. The van der Waals surface area contributed by atoms with Crippen molar-refractivity contribution in [3.63, 3.8) is 0 Å². The Hall–Kier alpha value is -11.9. The fourth-order valence-corrected chi connectivity index (χ4v) is 16.7. The van der Waals surface area contributed by atoms with Crippen LogP contribution in [0.2, 0.25) is 1.41 Å². The Bertz CT molecular complexity index is 6270. The van der Waals surface area contributed by atoms with Gasteiger partial charge >= 0.3 is 21.1 Å². The summed E-state index contributed by atoms with van der Waals surface area (Å²) in [7, 11) is -0.687. The number of aromatic nitrogens is 11. The number of halogens is 9. The van der Waals surface area contributed by atoms with Gasteiger partial charge in [-0.25, -0.2) is 46.9 Å². The van der Waals surface area contributed by atoms with Crippen LogP contribution in [0.15, 0.2) is 205 Å². The number of nitrogen functional groups attached to an aromatic ring is 3. The number of rotatable bonds is 12. The summed E-state index contributed by atoms with van der Waals surface area (Å²) in [5, 5.41) is 43.2. The standard InChI is InChI=1S/C25H23FN6O2.C19H19FN6O2.C14H16IN5O.C12H24B2O4.C12H16BFO3.C6H4BrFO.C6H5Br.2CH3F.CH4.HNO/c1-2-21(33)31-12-6-7-16(14-31)32-25-22(24(27)28-15-29-25)23(30-32)19-11-10-18(13-20(19)26)34-17-8-4-3-5-9-17;1-2-15(28)25-7-3-4-11(9-25)26-19-16(18(21)22-10-23-19)17(24-26)13-6-5-12(27)8-14(13)20;1-2-12(21)19-5-3-4-9(8-19)20-11-7-17-6-10(16)13(11)14(15)18-20;1-9(2)10(3,4)16-13(15-9)14-17-11(5,6)12(7,8)18-14;1-11(2)12(3,4)17-13(16-11)9-6-5-8(15)7-10(9)14;7-5-2-1-4(9)3-6(5)8;7-6-4-2-1-3-5-6;2*1-2;;1-2/h2-5,8-11,13,15-16H,1,6-7,12,14H2,(H2,27,28,29);2,5-6,8,10-11,27H,1,3-4,7,9H2,(H2,21,22,23);2,6-7,9H,1,3-5,8,16H2;1-8H3;5-7,15H,1-4H3;1-3,9H;1-5H;2*1H3;1H4;1H/i;;;;;;;;;;1T. The fourth-order valence-electron chi connectivity index (χ4n) is 15.3. The molecule has 0 spiro atoms. The number of carbonyl (C=O) groups is 3. The molecule has 0 aliphatic carbocycles. The van der Waals surface area contributed by atoms with Gasteiger partial charge in [-0.15, -0.1) is 0 Å². The van der Waals surface area contributed by atoms with Crippen LogP contribution in [0.1, 0.15) is 147 Å². The van der Waals surface area contributed by atoms with E-state index >= 15 is 4.39 Å². The van der Waals surface area contributed by atoms with Gasteiger partial charge in [-0.3, -0.25) is 32.8 Å². The van der Waals surface area contributed by atoms with Crippen molar-refractivity contribution in [2.45, 2.75) is 181 Å². The summed E-state index contributed by atoms with van der Waals surface area (Å²) in [6.45, 7) is 38.1. The molecule has 3 unspecified atom stereocenters. The molecule has 6 fully saturated rings. The zero-order valence-electron chi connectivity index (χ0n) is 81.0. The Labute approximate surface area is 848 Å². The normalized spacial score (nSPS) is 18.0. The lowest BCUT2D eigenvalue weighted by molar-refractivity contribution is -0.128. The maximum absolute atomic E-state index is 15.3. The molecule has 32 nitrogen and oxygen atoms in total. The van der Waals surface area contributed by atoms with Gasteiger partial charge in [0.2, 0.25) is 19.1 Å². The maximum atomic E-state index is 15.3. The van der Waals surface area contributed by atoms with E-state index in [4.69, 9.17) is 71.5 Å². The first-order valence-electron chi connectivity index (χ1n) is 44.6. The highest BCUT2D eigenvalue weighted by Crippen LogP contribution is 2.45. The molecule has 12 aromatic rings. The smallest absolute Gasteiger partial charge is 0.497 e. The van der Waals surface area contributed by atoms with Gasteiger partial charge in [-0.05, 0) is 245 Å². The first-order chi connectivity index (χ1) is 66.8. The Balaban J connectivity index is 0.000000208. The van der Waals surface area contributed by atoms with Crippen LogP contribution >= 0.6 is 54.5 Å². The zero-order chi connectivity index (χ0) is 104. The Kier molecular flexibility index (Phi) is 40.1. The average Bonchev–Trinajstić information content (AvgIpc) is 1.61. The largest absolute Gasteiger partial charge is 0.508 e. The molecule has 18 rings (SSSR count). The predicted octanol–water partition coefficient (Wildman–Crippen LogP) is 19.6. The second kappa shape index (κ2) is 50.2. The van der Waals surface area contributed by atoms with Gasteiger partial charge in [0.1, 0.15) is 91.4 Å². The molecule has 0 bridgehead atoms. The third-order valence-electron chi connectivity index (χ3n) is 24.6. The third-order valence-corrected chi connectivity index (χ3v) is 26.5. The van der Waals surface area contributed by atoms with Crippen molar-refractivity contribution < 1.29 is 90.1 Å². The molecular weight excluding hydrogens is 2070 g/mol. The number of alkyl halides is 2. The number of carbonyl (C=O) groups excluding carboxylic acids is 3. The minimum atomic E-state index is -0.736. The number of nitrogens with zero attached hydrogens (tertiary/aromatic N) is 14. The maximum Gasteiger partial charge on any atom is 0.497 e. The molecule has 6 aliphatic rings. The van der Waals surface area contributed by atoms with Gasteiger partial charge in [0.05, 0.1) is 110 Å². The molecule has 752 valence electrons. The van der Waals surface area contributed by atoms with Gasteiger partial charge in [-0.2, -0.15) is 20.2 Å². The highest BCUT2D eigenvalue weighted by Gasteiger charge is 2.64. The van der Waals surface area contributed by atoms with Crippen molar-refractivity contribution >= 4 is 149 Å². The number of para-hydroxylation sites is 1. The third kappa shape index (κ3) is 27.7. The van der Waals surface area contributed by atoms with Gasteiger partial charge in [-0.1, -0.05) is 91.1 Å². The summed E-state index contributed by atoms with van der Waals surface area (Å²) >= 11 is 8.44. The van der Waals surface area contributed by atoms with Crippen LogP contribution < -0.4 is 27.4 Å². The number of hydrogen-bond donors (Lipinski definition) is 7. The number of nitrogens with one attached hydrogen (secondary N) is 1. The lowest BCUT2D eigenvalue weighted by Gasteiger charge is -2.32. The van der Waals surface area contributed by atoms with E-state index in [2.05, 4.69) is 109 Å². The summed E-state index contributed by atoms with van der Waals surface area (Å²) in [6.07, 6.45) is 15.2. The van der Waals surface area contributed by atoms with Gasteiger partial charge in [0.15, 0.2) is 11.3 Å². The summed E-state index contributed by atoms with van der Waals surface area (Å²) in [4.78, 5) is 70.5. The van der Waals surface area contributed by atoms with Crippen molar-refractivity contribution in [1.29, 1.82) is 5.59 Å². The number of nitrogens with two attached hydrogens (primary N) is 3. The van der Waals surface area contributed by atoms with Crippen LogP contribution in [-0.2, 0) is 42.3 Å². The molecule has 3 atom stereocenters. The van der Waals surface area contributed by atoms with E-state index in [1.54, 1.807) is 55.8 Å². The highest BCUT2D eigenvalue weighted by atomic mass is 127. The molecule has 141 heavy (non-hydrogen) atoms. The minimum absolute atomic E-state index is 0. The Morgan fingerprint density at radius 3 is 1.26 bits per heavy atom. The van der Waals surface area contributed by atoms with E-state index in [9.17, 15) is 41.4 Å². The van der Waals surface area contributed by atoms with E-state index in [0.717, 1.165) is 82.3 Å². The number of likely N-dealkylation sites (tertiary alicyclic amines) is 3. The van der Waals surface area contributed by atoms with Crippen LogP contribution in [0.25, 0.3) is 55.5 Å². The summed E-state index contributed by atoms with van der Waals surface area (Å²) in [6, 6.07) is 35.3. The molecule has 6 saturated heterocycles. The Morgan fingerprint density at radius 1 is 0.504 bits per heavy atom. The van der Waals surface area contributed by atoms with Crippen molar-refractivity contribution in [1.82, 2.24) is 69.0 Å². The lowest BCUT2D eigenvalue weighted by atomic mass is 9.49. The number of piperidine rings is 3. The number of phenols is 3. The number of amides is 3. The molecule has 6 aliphatic heterocycles. The number of aromatic hydroxyl groups is 3. The summed E-state index contributed by atoms with van der Waals surface area (Å²) in [5.41, 5.74) is 21.3. The van der Waals surface area contributed by atoms with Crippen molar-refractivity contribution in [3.8, 4) is 51.3 Å². The van der Waals surface area contributed by atoms with Crippen molar-refractivity contribution in [2.75, 3.05) is 70.8 Å². The van der Waals surface area contributed by atoms with E-state index in [1.165, 1.54) is 78.9 Å². The van der Waals surface area contributed by atoms with Crippen LogP contribution in [0, 0.1) is 37.5 Å². The molecule has 0 radical (unpaired) electrons. The van der Waals surface area contributed by atoms with Crippen molar-refractivity contribution in [3.05, 3.63) is 237 Å². The number of hydrogen-bond acceptors (Lipinski definition) is 26. The van der Waals surface area contributed by atoms with Gasteiger partial charge in [0, 0.05) is 84.6 Å². The van der Waals surface area contributed by atoms with E-state index in [-0.39, 0.29) is 106 Å². The summed E-state index contributed by atoms with van der Waals surface area (Å²) in [5.74, 6) is -1.36. The monoisotopic (exact) mass is 2190 g/mol. The number of nitroso groups, excluding NO2 is 1. The summed E-state index contributed by atoms with van der Waals surface area (Å²) < 4.78 is 129. The number of fused-ring (bicyclic) bond motifs is 3. The van der Waals surface area contributed by atoms with Crippen molar-refractivity contribution in [2.24, 2.45) is 0 Å². The minimum Gasteiger partial charge on any atom is -0.508 e. The van der Waals surface area contributed by atoms with E-state index < -0.39 is 55.6 Å². The zero-order valence-corrected chi connectivity index (χ0v) is 85.3. The van der Waals surface area contributed by atoms with Crippen LogP contribution in [0.4, 0.5) is 43.7 Å². The molecule has 0 saturated carbocycles. The highest BCUT2D eigenvalue weighted by molar-refractivity contribution is 14.1. The van der Waals surface area contributed by atoms with Gasteiger partial charge in [0.25, 0.3) is 0 Å². The second-order valence-electron chi connectivity index (χ2n) is 35.4. The van der Waals surface area contributed by atoms with Gasteiger partial charge < -0.3 is 79.9 Å². The number of pyridine rings is 1. The van der Waals surface area contributed by atoms with Crippen LogP contribution in [0.3, 0.4) is 0 Å². The number of benzene rings is 6. The average molecular weight is 2200 g/mol. The topological polar surface area (TPSA) is 423 Å².